The van der Waals surface area contributed by atoms with E-state index in [1.165, 1.54) is 5.56 Å². The summed E-state index contributed by atoms with van der Waals surface area (Å²) in [6, 6.07) is 13.4. The minimum atomic E-state index is -1.41. The Bertz CT molecular complexity index is 943. The van der Waals surface area contributed by atoms with Crippen LogP contribution >= 0.6 is 11.3 Å². The second kappa shape index (κ2) is 6.64. The molecule has 3 aromatic rings. The number of carboxylic acid groups (broad SMARTS) is 1. The monoisotopic (exact) mass is 337 g/mol. The third-order valence-electron chi connectivity index (χ3n) is 3.31. The van der Waals surface area contributed by atoms with Gasteiger partial charge < -0.3 is 15.2 Å². The maximum atomic E-state index is 11.5. The van der Waals surface area contributed by atoms with Crippen molar-refractivity contribution in [1.82, 2.24) is 4.98 Å². The number of fused-ring (bicyclic) bond motifs is 1. The van der Waals surface area contributed by atoms with Crippen LogP contribution in [0.4, 0.5) is 5.69 Å². The molecule has 120 valence electrons. The van der Waals surface area contributed by atoms with E-state index in [0.717, 1.165) is 26.9 Å². The van der Waals surface area contributed by atoms with Crippen molar-refractivity contribution in [3.8, 4) is 10.6 Å². The molecular weight excluding hydrogens is 324 g/mol. The van der Waals surface area contributed by atoms with Crippen molar-refractivity contribution >= 4 is 39.1 Å². The molecule has 1 amide bonds. The molecule has 0 unspecified atom stereocenters. The van der Waals surface area contributed by atoms with Crippen LogP contribution < -0.4 is 10.4 Å². The lowest BCUT2D eigenvalue weighted by molar-refractivity contribution is -0.297. The number of nitrogens with zero attached hydrogens (tertiary/aromatic N) is 1. The molecule has 1 heterocycles. The minimum Gasteiger partial charge on any atom is -0.545 e. The number of aromatic nitrogens is 1. The molecule has 2 aromatic carbocycles. The van der Waals surface area contributed by atoms with E-state index in [1.54, 1.807) is 23.5 Å². The number of carboxylic acids is 1. The summed E-state index contributed by atoms with van der Waals surface area (Å²) in [4.78, 5) is 26.4. The van der Waals surface area contributed by atoms with Crippen LogP contribution in [0.5, 0.6) is 0 Å². The number of carbonyl (C=O) groups excluding carboxylic acids is 2. The van der Waals surface area contributed by atoms with Crippen LogP contribution in [-0.2, 0) is 9.59 Å². The molecule has 1 N–H and O–H groups in total. The van der Waals surface area contributed by atoms with E-state index in [1.807, 2.05) is 31.2 Å². The van der Waals surface area contributed by atoms with Crippen molar-refractivity contribution in [1.29, 1.82) is 0 Å². The summed E-state index contributed by atoms with van der Waals surface area (Å²) in [6.07, 6.45) is 1.60. The first-order chi connectivity index (χ1) is 11.5. The van der Waals surface area contributed by atoms with Crippen molar-refractivity contribution in [3.63, 3.8) is 0 Å². The van der Waals surface area contributed by atoms with Gasteiger partial charge in [-0.25, -0.2) is 4.98 Å². The van der Waals surface area contributed by atoms with Gasteiger partial charge in [0.1, 0.15) is 5.01 Å². The number of benzene rings is 2. The molecule has 0 saturated carbocycles. The van der Waals surface area contributed by atoms with E-state index >= 15 is 0 Å². The zero-order chi connectivity index (χ0) is 17.1. The molecule has 5 nitrogen and oxygen atoms in total. The van der Waals surface area contributed by atoms with Crippen molar-refractivity contribution in [2.75, 3.05) is 5.32 Å². The number of nitrogens with one attached hydrogen (secondary N) is 1. The molecule has 0 aliphatic heterocycles. The molecule has 0 fully saturated rings. The Morgan fingerprint density at radius 2 is 1.88 bits per heavy atom. The van der Waals surface area contributed by atoms with Crippen LogP contribution in [-0.4, -0.2) is 16.9 Å². The van der Waals surface area contributed by atoms with Gasteiger partial charge in [-0.3, -0.25) is 4.79 Å². The average Bonchev–Trinajstić information content (AvgIpc) is 2.96. The minimum absolute atomic E-state index is 0.526. The molecule has 0 spiro atoms. The van der Waals surface area contributed by atoms with Crippen LogP contribution in [0.25, 0.3) is 20.8 Å². The number of aliphatic carboxylic acids is 1. The topological polar surface area (TPSA) is 82.1 Å². The quantitative estimate of drug-likeness (QED) is 0.742. The predicted molar refractivity (Wildman–Crippen MR) is 92.6 cm³/mol. The number of anilines is 1. The fourth-order valence-electron chi connectivity index (χ4n) is 2.18. The summed E-state index contributed by atoms with van der Waals surface area (Å²) >= 11 is 1.61. The van der Waals surface area contributed by atoms with Gasteiger partial charge in [0.05, 0.1) is 16.2 Å². The number of hydrogen-bond donors (Lipinski definition) is 1. The molecule has 0 aliphatic carbocycles. The summed E-state index contributed by atoms with van der Waals surface area (Å²) in [5.41, 5.74) is 3.69. The summed E-state index contributed by atoms with van der Waals surface area (Å²) in [7, 11) is 0. The summed E-state index contributed by atoms with van der Waals surface area (Å²) < 4.78 is 1.13. The Morgan fingerprint density at radius 1 is 1.12 bits per heavy atom. The van der Waals surface area contributed by atoms with Crippen LogP contribution in [0, 0.1) is 6.92 Å². The third kappa shape index (κ3) is 3.67. The highest BCUT2D eigenvalue weighted by atomic mass is 32.1. The number of rotatable bonds is 4. The molecule has 0 atom stereocenters. The van der Waals surface area contributed by atoms with Crippen LogP contribution in [0.3, 0.4) is 0 Å². The third-order valence-corrected chi connectivity index (χ3v) is 4.38. The second-order valence-corrected chi connectivity index (χ2v) is 6.24. The SMILES string of the molecule is Cc1ccc2nc(-c3ccc(NC(=O)C=CC(=O)[O-])cc3)sc2c1. The highest BCUT2D eigenvalue weighted by Gasteiger charge is 2.07. The number of thiazole rings is 1. The summed E-state index contributed by atoms with van der Waals surface area (Å²) in [5.74, 6) is -1.94. The predicted octanol–water partition coefficient (Wildman–Crippen LogP) is 2.52. The van der Waals surface area contributed by atoms with Gasteiger partial charge in [-0.05, 0) is 55.0 Å². The zero-order valence-corrected chi connectivity index (χ0v) is 13.6. The van der Waals surface area contributed by atoms with Crippen molar-refractivity contribution in [2.24, 2.45) is 0 Å². The van der Waals surface area contributed by atoms with Crippen LogP contribution in [0.15, 0.2) is 54.6 Å². The Balaban J connectivity index is 1.78. The van der Waals surface area contributed by atoms with E-state index in [9.17, 15) is 14.7 Å². The number of carbonyl (C=O) groups is 2. The van der Waals surface area contributed by atoms with Gasteiger partial charge in [-0.2, -0.15) is 0 Å². The molecular formula is C18H13N2O3S-. The van der Waals surface area contributed by atoms with E-state index < -0.39 is 11.9 Å². The normalized spacial score (nSPS) is 11.0. The Hall–Kier alpha value is -2.99. The fourth-order valence-corrected chi connectivity index (χ4v) is 3.25. The van der Waals surface area contributed by atoms with E-state index in [-0.39, 0.29) is 0 Å². The van der Waals surface area contributed by atoms with Gasteiger partial charge in [0.2, 0.25) is 5.91 Å². The highest BCUT2D eigenvalue weighted by molar-refractivity contribution is 7.21. The maximum Gasteiger partial charge on any atom is 0.248 e. The summed E-state index contributed by atoms with van der Waals surface area (Å²) in [5, 5.41) is 13.8. The number of aryl methyl sites for hydroxylation is 1. The number of hydrogen-bond acceptors (Lipinski definition) is 5. The lowest BCUT2D eigenvalue weighted by atomic mass is 10.2. The van der Waals surface area contributed by atoms with Crippen molar-refractivity contribution < 1.29 is 14.7 Å². The second-order valence-electron chi connectivity index (χ2n) is 5.21. The first kappa shape index (κ1) is 15.9. The zero-order valence-electron chi connectivity index (χ0n) is 12.8. The first-order valence-corrected chi connectivity index (χ1v) is 8.00. The van der Waals surface area contributed by atoms with E-state index in [4.69, 9.17) is 0 Å². The Kier molecular flexibility index (Phi) is 4.39. The van der Waals surface area contributed by atoms with Crippen LogP contribution in [0.1, 0.15) is 5.56 Å². The van der Waals surface area contributed by atoms with Gasteiger partial charge in [0.25, 0.3) is 0 Å². The Morgan fingerprint density at radius 3 is 2.58 bits per heavy atom. The molecule has 1 aromatic heterocycles. The number of amides is 1. The largest absolute Gasteiger partial charge is 0.545 e. The molecule has 0 aliphatic rings. The Labute approximate surface area is 142 Å². The van der Waals surface area contributed by atoms with Gasteiger partial charge >= 0.3 is 0 Å². The fraction of sp³-hybridized carbons (Fsp3) is 0.0556. The van der Waals surface area contributed by atoms with Crippen molar-refractivity contribution in [3.05, 3.63) is 60.2 Å². The van der Waals surface area contributed by atoms with Crippen LogP contribution in [0.2, 0.25) is 0 Å². The first-order valence-electron chi connectivity index (χ1n) is 7.19. The van der Waals surface area contributed by atoms with Gasteiger partial charge in [-0.1, -0.05) is 6.07 Å². The van der Waals surface area contributed by atoms with Gasteiger partial charge in [0, 0.05) is 17.3 Å². The van der Waals surface area contributed by atoms with E-state index in [2.05, 4.69) is 16.4 Å². The maximum absolute atomic E-state index is 11.5. The summed E-state index contributed by atoms with van der Waals surface area (Å²) in [6.45, 7) is 2.05. The van der Waals surface area contributed by atoms with Crippen molar-refractivity contribution in [2.45, 2.75) is 6.92 Å². The smallest absolute Gasteiger partial charge is 0.248 e. The molecule has 6 heteroatoms. The molecule has 0 bridgehead atoms. The molecule has 24 heavy (non-hydrogen) atoms. The van der Waals surface area contributed by atoms with Gasteiger partial charge in [-0.15, -0.1) is 11.3 Å². The molecule has 3 rings (SSSR count). The standard InChI is InChI=1S/C18H14N2O3S/c1-11-2-7-14-15(10-11)24-18(20-14)12-3-5-13(6-4-12)19-16(21)8-9-17(22)23/h2-10H,1H3,(H,19,21)(H,22,23)/p-1. The highest BCUT2D eigenvalue weighted by Crippen LogP contribution is 2.31. The van der Waals surface area contributed by atoms with Gasteiger partial charge in [0.15, 0.2) is 0 Å². The molecule has 0 saturated heterocycles. The lowest BCUT2D eigenvalue weighted by Gasteiger charge is -2.03. The lowest BCUT2D eigenvalue weighted by Crippen LogP contribution is -2.20. The average molecular weight is 337 g/mol. The molecule has 0 radical (unpaired) electrons. The van der Waals surface area contributed by atoms with E-state index in [0.29, 0.717) is 11.8 Å².